The quantitative estimate of drug-likeness (QED) is 0.0502. The number of ketones is 1. The van der Waals surface area contributed by atoms with Crippen molar-refractivity contribution in [2.75, 3.05) is 0 Å². The van der Waals surface area contributed by atoms with E-state index in [1.165, 1.54) is 61.1 Å². The monoisotopic (exact) mass is 2320 g/mol. The molecule has 106 heavy (non-hydrogen) atoms. The van der Waals surface area contributed by atoms with E-state index in [2.05, 4.69) is 108 Å². The molecule has 0 aliphatic heterocycles. The predicted molar refractivity (Wildman–Crippen MR) is 378 cm³/mol. The van der Waals surface area contributed by atoms with Crippen molar-refractivity contribution in [3.8, 4) is 78.8 Å². The van der Waals surface area contributed by atoms with Gasteiger partial charge in [0.2, 0.25) is 0 Å². The van der Waals surface area contributed by atoms with Crippen LogP contribution in [0.5, 0.6) is 0 Å². The first-order chi connectivity index (χ1) is 48.6. The molecule has 0 atom stereocenters. The van der Waals surface area contributed by atoms with E-state index in [1.54, 1.807) is 85.1 Å². The van der Waals surface area contributed by atoms with Gasteiger partial charge in [0.15, 0.2) is 5.78 Å². The number of aromatic nitrogens is 12. The van der Waals surface area contributed by atoms with Crippen LogP contribution in [0, 0.1) is 53.6 Å². The van der Waals surface area contributed by atoms with Crippen molar-refractivity contribution in [2.45, 2.75) is 13.8 Å². The van der Waals surface area contributed by atoms with E-state index in [4.69, 9.17) is 15.3 Å². The number of aliphatic hydroxyl groups is 1. The second-order valence-electron chi connectivity index (χ2n) is 21.5. The van der Waals surface area contributed by atoms with Crippen LogP contribution in [0.2, 0.25) is 0 Å². The van der Waals surface area contributed by atoms with Crippen molar-refractivity contribution in [2.24, 2.45) is 35.2 Å². The normalized spacial score (nSPS) is 9.75. The minimum absolute atomic E-state index is 0. The number of pyridine rings is 2. The fraction of sp³-hybridized carbons (Fsp3) is 0.0886. The minimum atomic E-state index is -0.990. The Bertz CT molecular complexity index is 4800. The molecule has 0 bridgehead atoms. The Morgan fingerprint density at radius 3 is 1.23 bits per heavy atom. The van der Waals surface area contributed by atoms with Crippen LogP contribution in [0.25, 0.3) is 78.8 Å². The maximum atomic E-state index is 13.2. The van der Waals surface area contributed by atoms with Gasteiger partial charge < -0.3 is 38.2 Å². The van der Waals surface area contributed by atoms with E-state index >= 15 is 0 Å². The van der Waals surface area contributed by atoms with Crippen LogP contribution in [0.4, 0.5) is 17.6 Å². The summed E-state index contributed by atoms with van der Waals surface area (Å²) in [5.41, 5.74) is 10.2. The van der Waals surface area contributed by atoms with Crippen molar-refractivity contribution >= 4 is 17.7 Å². The molecule has 0 amide bonds. The predicted octanol–water partition coefficient (Wildman–Crippen LogP) is 15.9. The molecule has 5 radical (unpaired) electrons. The molecule has 0 aliphatic rings. The van der Waals surface area contributed by atoms with Crippen LogP contribution >= 0.6 is 0 Å². The number of carbonyl (C=O) groups is 3. The van der Waals surface area contributed by atoms with Gasteiger partial charge in [0.25, 0.3) is 0 Å². The van der Waals surface area contributed by atoms with Crippen molar-refractivity contribution in [1.29, 1.82) is 0 Å². The molecule has 7 aromatic carbocycles. The largest absolute Gasteiger partial charge is 0.512 e. The molecule has 0 unspecified atom stereocenters. The van der Waals surface area contributed by atoms with Gasteiger partial charge in [0.1, 0.15) is 11.4 Å². The van der Waals surface area contributed by atoms with E-state index in [9.17, 15) is 31.9 Å². The zero-order valence-corrected chi connectivity index (χ0v) is 69.4. The molecular formula is C79H67F4Ir5N12O6-5. The molecule has 14 aromatic rings. The molecule has 557 valence electrons. The van der Waals surface area contributed by atoms with Crippen molar-refractivity contribution in [3.05, 3.63) is 334 Å². The first kappa shape index (κ1) is 92.1. The Morgan fingerprint density at radius 2 is 0.849 bits per heavy atom. The van der Waals surface area contributed by atoms with Gasteiger partial charge in [-0.3, -0.25) is 47.3 Å². The zero-order chi connectivity index (χ0) is 72.6. The fourth-order valence-electron chi connectivity index (χ4n) is 8.86. The maximum absolute atomic E-state index is 13.2. The smallest absolute Gasteiger partial charge is 0.354 e. The van der Waals surface area contributed by atoms with E-state index in [-0.39, 0.29) is 135 Å². The van der Waals surface area contributed by atoms with Crippen LogP contribution in [0.15, 0.2) is 269 Å². The number of aliphatic hydroxyl groups excluding tert-OH is 1. The Labute approximate surface area is 678 Å². The second-order valence-corrected chi connectivity index (χ2v) is 21.5. The van der Waals surface area contributed by atoms with Crippen molar-refractivity contribution in [3.63, 3.8) is 0 Å². The van der Waals surface area contributed by atoms with Crippen LogP contribution in [-0.4, -0.2) is 90.8 Å². The SMILES string of the molecule is CC(=O)C=C(C)O.Cn1ccnc1-c1[c-]ccc(-c2ccccc2)c1.Cn1ccnc1-c1[c-]cccc1-c1ccccc1.Cn1cnc(-c2[c-]cc(F)cc2F)c1.Cn1cnc(-c2[c-]cc(F)cc2F)c1.Cn1cnc(-c2[c-]cccc2)c1.O=C(O)c1ccccn1.O=C(O)c1ccccn1.[Ir].[Ir].[Ir].[Ir].[Ir]. The van der Waals surface area contributed by atoms with Gasteiger partial charge in [-0.2, -0.15) is 0 Å². The van der Waals surface area contributed by atoms with Gasteiger partial charge in [0, 0.05) is 219 Å². The Morgan fingerprint density at radius 1 is 0.406 bits per heavy atom. The number of carbonyl (C=O) groups excluding carboxylic acids is 1. The molecule has 0 spiro atoms. The first-order valence-electron chi connectivity index (χ1n) is 30.5. The van der Waals surface area contributed by atoms with Crippen LogP contribution in [0.3, 0.4) is 0 Å². The number of imidazole rings is 5. The van der Waals surface area contributed by atoms with E-state index in [0.29, 0.717) is 11.4 Å². The number of rotatable bonds is 10. The van der Waals surface area contributed by atoms with Crippen LogP contribution in [-0.2, 0) is 141 Å². The number of aryl methyl sites for hydroxylation is 5. The molecule has 7 aromatic heterocycles. The van der Waals surface area contributed by atoms with E-state index < -0.39 is 35.2 Å². The number of carboxylic acids is 2. The number of benzene rings is 7. The van der Waals surface area contributed by atoms with Gasteiger partial charge in [-0.1, -0.05) is 107 Å². The molecule has 18 nitrogen and oxygen atoms in total. The Balaban J connectivity index is 0.000000416. The average molecular weight is 2320 g/mol. The average Bonchev–Trinajstić information content (AvgIpc) is 1.54. The van der Waals surface area contributed by atoms with Crippen LogP contribution < -0.4 is 0 Å². The third-order valence-corrected chi connectivity index (χ3v) is 13.5. The first-order valence-corrected chi connectivity index (χ1v) is 30.5. The van der Waals surface area contributed by atoms with Gasteiger partial charge in [0.05, 0.1) is 36.4 Å². The van der Waals surface area contributed by atoms with Crippen molar-refractivity contribution in [1.82, 2.24) is 57.7 Å². The zero-order valence-electron chi connectivity index (χ0n) is 57.4. The number of nitrogens with zero attached hydrogens (tertiary/aromatic N) is 12. The standard InChI is InChI=1S/2C16H13N2.2C10H7F2N2.C10H9N2.2C6H5NO2.C5H8O2.5Ir/c1-18-12-11-17-16(18)15-10-6-5-9-14(15)13-7-3-2-4-8-13;1-18-11-10-17-16(18)15-9-5-8-14(12-15)13-6-3-2-4-7-13;2*1-14-5-10(13-6-14)8-3-2-7(11)4-9(8)12;1-12-7-10(11-8-12)9-5-3-2-4-6-9;2*8-6(9)5-3-1-2-4-7-5;1-4(6)3-5(2)7;;;;;/h2-9,11-12H,1H3;2-8,10-12H,1H3;2*2,4-6H,1H3;2-5,7-8H,1H3;2*1-4H,(H,8,9);3,6H,1-2H3;;;;;/q5*-1;;;;;;;;. The molecule has 27 heteroatoms. The Hall–Kier alpha value is -9.99. The number of halogens is 4. The minimum Gasteiger partial charge on any atom is -0.512 e. The second kappa shape index (κ2) is 48.2. The summed E-state index contributed by atoms with van der Waals surface area (Å²) in [5.74, 6) is -2.74. The molecule has 7 heterocycles. The number of carboxylic acid groups (broad SMARTS) is 2. The summed E-state index contributed by atoms with van der Waals surface area (Å²) in [5, 5.41) is 25.0. The van der Waals surface area contributed by atoms with Crippen molar-refractivity contribution < 1.29 is 148 Å². The van der Waals surface area contributed by atoms with Gasteiger partial charge in [-0.25, -0.2) is 19.6 Å². The van der Waals surface area contributed by atoms with Gasteiger partial charge in [-0.05, 0) is 62.3 Å². The third-order valence-electron chi connectivity index (χ3n) is 13.5. The van der Waals surface area contributed by atoms with Gasteiger partial charge in [-0.15, -0.1) is 125 Å². The molecule has 0 aliphatic carbocycles. The molecule has 0 saturated heterocycles. The molecule has 14 rings (SSSR count). The molecule has 3 N–H and O–H groups in total. The summed E-state index contributed by atoms with van der Waals surface area (Å²) in [6, 6.07) is 68.7. The summed E-state index contributed by atoms with van der Waals surface area (Å²) >= 11 is 0. The van der Waals surface area contributed by atoms with Crippen LogP contribution in [0.1, 0.15) is 34.8 Å². The molecular weight excluding hydrogens is 2250 g/mol. The third kappa shape index (κ3) is 30.2. The maximum Gasteiger partial charge on any atom is 0.354 e. The molecule has 0 saturated carbocycles. The van der Waals surface area contributed by atoms with E-state index in [0.717, 1.165) is 63.9 Å². The Kier molecular flexibility index (Phi) is 41.9. The summed E-state index contributed by atoms with van der Waals surface area (Å²) in [4.78, 5) is 58.3. The summed E-state index contributed by atoms with van der Waals surface area (Å²) in [6.45, 7) is 2.85. The number of hydrogen-bond donors (Lipinski definition) is 3. The summed E-state index contributed by atoms with van der Waals surface area (Å²) in [6.07, 6.45) is 21.7. The number of hydrogen-bond acceptors (Lipinski definition) is 11. The van der Waals surface area contributed by atoms with E-state index in [1.807, 2.05) is 138 Å². The molecule has 0 fully saturated rings. The summed E-state index contributed by atoms with van der Waals surface area (Å²) in [7, 11) is 9.50. The fourth-order valence-corrected chi connectivity index (χ4v) is 8.86. The van der Waals surface area contributed by atoms with Gasteiger partial charge >= 0.3 is 11.9 Å². The topological polar surface area (TPSA) is 227 Å². The number of allylic oxidation sites excluding steroid dienone is 2. The number of aromatic carboxylic acids is 2. The summed E-state index contributed by atoms with van der Waals surface area (Å²) < 4.78 is 60.9.